The molecule has 0 aliphatic carbocycles. The third-order valence-corrected chi connectivity index (χ3v) is 1.98. The van der Waals surface area contributed by atoms with Crippen LogP contribution >= 0.6 is 0 Å². The smallest absolute Gasteiger partial charge is 0.426 e. The third kappa shape index (κ3) is 4.94. The molecule has 0 unspecified atom stereocenters. The molecule has 0 atom stereocenters. The van der Waals surface area contributed by atoms with Crippen LogP contribution in [0.25, 0.3) is 0 Å². The molecule has 0 heterocycles. The maximum atomic E-state index is 13.0. The van der Waals surface area contributed by atoms with Gasteiger partial charge in [0.25, 0.3) is 0 Å². The summed E-state index contributed by atoms with van der Waals surface area (Å²) in [5.74, 6) is -1.39. The standard InChI is InChI=1S/C12H14F4N2O2/c1-11(2,3)20-10(19)18-17-7-4-5-9(13)8(6-7)12(14,15)16/h4-6,17H,1-3H3,(H,18,19). The Labute approximate surface area is 113 Å². The van der Waals surface area contributed by atoms with Gasteiger partial charge in [-0.2, -0.15) is 13.2 Å². The van der Waals surface area contributed by atoms with Crippen molar-refractivity contribution in [2.24, 2.45) is 0 Å². The Hall–Kier alpha value is -1.99. The monoisotopic (exact) mass is 294 g/mol. The average Bonchev–Trinajstić information content (AvgIpc) is 2.24. The van der Waals surface area contributed by atoms with E-state index >= 15 is 0 Å². The van der Waals surface area contributed by atoms with E-state index in [4.69, 9.17) is 4.74 Å². The Balaban J connectivity index is 2.73. The number of hydrogen-bond acceptors (Lipinski definition) is 3. The summed E-state index contributed by atoms with van der Waals surface area (Å²) in [6, 6.07) is 2.26. The maximum Gasteiger partial charge on any atom is 0.426 e. The van der Waals surface area contributed by atoms with Gasteiger partial charge in [-0.3, -0.25) is 5.43 Å². The molecule has 0 spiro atoms. The lowest BCUT2D eigenvalue weighted by atomic mass is 10.2. The molecule has 4 nitrogen and oxygen atoms in total. The van der Waals surface area contributed by atoms with Crippen LogP contribution in [0.3, 0.4) is 0 Å². The average molecular weight is 294 g/mol. The van der Waals surface area contributed by atoms with Gasteiger partial charge in [0, 0.05) is 0 Å². The molecule has 1 rings (SSSR count). The highest BCUT2D eigenvalue weighted by molar-refractivity contribution is 5.69. The molecule has 20 heavy (non-hydrogen) atoms. The Morgan fingerprint density at radius 1 is 1.20 bits per heavy atom. The molecule has 0 aliphatic heterocycles. The first-order valence-corrected chi connectivity index (χ1v) is 5.61. The highest BCUT2D eigenvalue weighted by Gasteiger charge is 2.34. The number of halogens is 4. The molecule has 1 aromatic rings. The minimum Gasteiger partial charge on any atom is -0.443 e. The summed E-state index contributed by atoms with van der Waals surface area (Å²) in [4.78, 5) is 11.3. The van der Waals surface area contributed by atoms with Crippen molar-refractivity contribution < 1.29 is 27.1 Å². The summed E-state index contributed by atoms with van der Waals surface area (Å²) in [5, 5.41) is 0. The Morgan fingerprint density at radius 3 is 2.30 bits per heavy atom. The molecule has 0 aliphatic rings. The van der Waals surface area contributed by atoms with Crippen molar-refractivity contribution in [3.63, 3.8) is 0 Å². The molecule has 112 valence electrons. The first-order valence-electron chi connectivity index (χ1n) is 5.61. The zero-order valence-corrected chi connectivity index (χ0v) is 11.1. The van der Waals surface area contributed by atoms with Crippen LogP contribution in [0.15, 0.2) is 18.2 Å². The highest BCUT2D eigenvalue weighted by atomic mass is 19.4. The van der Waals surface area contributed by atoms with Gasteiger partial charge < -0.3 is 4.74 Å². The topological polar surface area (TPSA) is 50.4 Å². The predicted octanol–water partition coefficient (Wildman–Crippen LogP) is 3.70. The Bertz CT molecular complexity index is 495. The third-order valence-electron chi connectivity index (χ3n) is 1.98. The van der Waals surface area contributed by atoms with Crippen LogP contribution in [0.1, 0.15) is 26.3 Å². The summed E-state index contributed by atoms with van der Waals surface area (Å²) in [6.07, 6.45) is -5.68. The normalized spacial score (nSPS) is 11.9. The van der Waals surface area contributed by atoms with Gasteiger partial charge >= 0.3 is 12.3 Å². The minimum atomic E-state index is -4.81. The lowest BCUT2D eigenvalue weighted by Gasteiger charge is -2.20. The van der Waals surface area contributed by atoms with E-state index in [1.807, 2.05) is 0 Å². The van der Waals surface area contributed by atoms with E-state index < -0.39 is 29.3 Å². The van der Waals surface area contributed by atoms with Gasteiger partial charge in [0.15, 0.2) is 0 Å². The lowest BCUT2D eigenvalue weighted by molar-refractivity contribution is -0.139. The van der Waals surface area contributed by atoms with E-state index in [2.05, 4.69) is 10.9 Å². The number of hydrogen-bond donors (Lipinski definition) is 2. The number of nitrogens with one attached hydrogen (secondary N) is 2. The van der Waals surface area contributed by atoms with Gasteiger partial charge in [-0.15, -0.1) is 0 Å². The highest BCUT2D eigenvalue weighted by Crippen LogP contribution is 2.32. The number of anilines is 1. The molecule has 0 aromatic heterocycles. The summed E-state index contributed by atoms with van der Waals surface area (Å²) < 4.78 is 55.3. The lowest BCUT2D eigenvalue weighted by Crippen LogP contribution is -2.35. The van der Waals surface area contributed by atoms with E-state index in [1.54, 1.807) is 20.8 Å². The van der Waals surface area contributed by atoms with Crippen LogP contribution in [0.4, 0.5) is 28.0 Å². The molecule has 2 N–H and O–H groups in total. The van der Waals surface area contributed by atoms with Crippen molar-refractivity contribution in [2.45, 2.75) is 32.5 Å². The van der Waals surface area contributed by atoms with Gasteiger partial charge in [-0.05, 0) is 39.0 Å². The van der Waals surface area contributed by atoms with E-state index in [0.29, 0.717) is 12.1 Å². The quantitative estimate of drug-likeness (QED) is 0.646. The molecule has 0 saturated carbocycles. The van der Waals surface area contributed by atoms with Gasteiger partial charge in [0.05, 0.1) is 11.3 Å². The second-order valence-electron chi connectivity index (χ2n) is 4.94. The van der Waals surface area contributed by atoms with Gasteiger partial charge in [-0.25, -0.2) is 14.6 Å². The molecular weight excluding hydrogens is 280 g/mol. The number of benzene rings is 1. The summed E-state index contributed by atoms with van der Waals surface area (Å²) in [7, 11) is 0. The number of amides is 1. The van der Waals surface area contributed by atoms with Crippen LogP contribution in [-0.4, -0.2) is 11.7 Å². The fourth-order valence-electron chi connectivity index (χ4n) is 1.25. The fourth-order valence-corrected chi connectivity index (χ4v) is 1.25. The summed E-state index contributed by atoms with van der Waals surface area (Å²) in [6.45, 7) is 4.89. The van der Waals surface area contributed by atoms with Crippen LogP contribution in [-0.2, 0) is 10.9 Å². The van der Waals surface area contributed by atoms with Crippen molar-refractivity contribution in [1.29, 1.82) is 0 Å². The van der Waals surface area contributed by atoms with Gasteiger partial charge in [0.1, 0.15) is 11.4 Å². The number of ether oxygens (including phenoxy) is 1. The first-order chi connectivity index (χ1) is 8.99. The second-order valence-corrected chi connectivity index (χ2v) is 4.94. The van der Waals surface area contributed by atoms with Crippen molar-refractivity contribution in [1.82, 2.24) is 5.43 Å². The van der Waals surface area contributed by atoms with E-state index in [0.717, 1.165) is 6.07 Å². The zero-order valence-electron chi connectivity index (χ0n) is 11.1. The number of rotatable bonds is 2. The molecule has 0 saturated heterocycles. The number of carbonyl (C=O) groups excluding carboxylic acids is 1. The maximum absolute atomic E-state index is 13.0. The molecule has 0 radical (unpaired) electrons. The minimum absolute atomic E-state index is 0.121. The second kappa shape index (κ2) is 5.56. The number of alkyl halides is 3. The number of hydrazine groups is 1. The van der Waals surface area contributed by atoms with Crippen LogP contribution < -0.4 is 10.9 Å². The molecule has 1 amide bonds. The molecule has 0 bridgehead atoms. The Morgan fingerprint density at radius 2 is 1.80 bits per heavy atom. The molecule has 8 heteroatoms. The van der Waals surface area contributed by atoms with Crippen molar-refractivity contribution in [2.75, 3.05) is 5.43 Å². The summed E-state index contributed by atoms with van der Waals surface area (Å²) >= 11 is 0. The molecule has 1 aromatic carbocycles. The van der Waals surface area contributed by atoms with E-state index in [-0.39, 0.29) is 5.69 Å². The fraction of sp³-hybridized carbons (Fsp3) is 0.417. The van der Waals surface area contributed by atoms with E-state index in [1.165, 1.54) is 0 Å². The predicted molar refractivity (Wildman–Crippen MR) is 64.4 cm³/mol. The Kier molecular flexibility index (Phi) is 4.46. The largest absolute Gasteiger partial charge is 0.443 e. The van der Waals surface area contributed by atoms with Crippen molar-refractivity contribution in [3.8, 4) is 0 Å². The number of carbonyl (C=O) groups is 1. The van der Waals surface area contributed by atoms with Crippen LogP contribution in [0.5, 0.6) is 0 Å². The SMILES string of the molecule is CC(C)(C)OC(=O)NNc1ccc(F)c(C(F)(F)F)c1. The zero-order chi connectivity index (χ0) is 15.6. The van der Waals surface area contributed by atoms with Crippen molar-refractivity contribution in [3.05, 3.63) is 29.6 Å². The van der Waals surface area contributed by atoms with Crippen molar-refractivity contribution >= 4 is 11.8 Å². The van der Waals surface area contributed by atoms with Crippen LogP contribution in [0, 0.1) is 5.82 Å². The first kappa shape index (κ1) is 16.1. The van der Waals surface area contributed by atoms with E-state index in [9.17, 15) is 22.4 Å². The summed E-state index contributed by atoms with van der Waals surface area (Å²) in [5.41, 5.74) is 1.98. The van der Waals surface area contributed by atoms with Crippen LogP contribution in [0.2, 0.25) is 0 Å². The van der Waals surface area contributed by atoms with Gasteiger partial charge in [-0.1, -0.05) is 0 Å². The molecule has 0 fully saturated rings. The van der Waals surface area contributed by atoms with Gasteiger partial charge in [0.2, 0.25) is 0 Å². The molecular formula is C12H14F4N2O2.